The van der Waals surface area contributed by atoms with E-state index in [1.165, 1.54) is 4.70 Å². The maximum atomic E-state index is 12.1. The fraction of sp³-hybridized carbons (Fsp3) is 0.208. The van der Waals surface area contributed by atoms with Crippen LogP contribution in [0.2, 0.25) is 0 Å². The Morgan fingerprint density at radius 3 is 2.74 bits per heavy atom. The number of nitrogens with zero attached hydrogens (tertiary/aromatic N) is 2. The van der Waals surface area contributed by atoms with Gasteiger partial charge in [-0.2, -0.15) is 0 Å². The molecule has 2 heterocycles. The lowest BCUT2D eigenvalue weighted by molar-refractivity contribution is -0.116. The van der Waals surface area contributed by atoms with E-state index in [0.29, 0.717) is 13.2 Å². The smallest absolute Gasteiger partial charge is 0.243 e. The molecular formula is C24H23N3O2S2. The first kappa shape index (κ1) is 21.2. The van der Waals surface area contributed by atoms with Crippen LogP contribution in [0.5, 0.6) is 5.75 Å². The van der Waals surface area contributed by atoms with Crippen molar-refractivity contribution >= 4 is 44.9 Å². The van der Waals surface area contributed by atoms with E-state index in [0.717, 1.165) is 45.4 Å². The molecule has 4 aromatic rings. The number of amides is 1. The third kappa shape index (κ3) is 6.23. The number of aromatic nitrogens is 2. The summed E-state index contributed by atoms with van der Waals surface area (Å²) in [5.41, 5.74) is 2.93. The normalized spacial score (nSPS) is 11.3. The number of para-hydroxylation sites is 1. The zero-order chi connectivity index (χ0) is 21.5. The average Bonchev–Trinajstić information content (AvgIpc) is 3.40. The van der Waals surface area contributed by atoms with E-state index in [9.17, 15) is 4.79 Å². The van der Waals surface area contributed by atoms with Crippen LogP contribution in [0, 0.1) is 6.92 Å². The molecule has 158 valence electrons. The summed E-state index contributed by atoms with van der Waals surface area (Å²) < 4.78 is 6.95. The third-order valence-corrected chi connectivity index (χ3v) is 6.48. The fourth-order valence-corrected chi connectivity index (χ4v) is 4.62. The molecule has 0 saturated heterocycles. The number of carbonyl (C=O) groups excluding carboxylic acids is 1. The van der Waals surface area contributed by atoms with Crippen molar-refractivity contribution in [1.82, 2.24) is 15.3 Å². The maximum absolute atomic E-state index is 12.1. The number of fused-ring (bicyclic) bond motifs is 1. The number of hydrogen-bond acceptors (Lipinski definition) is 6. The molecule has 2 aromatic carbocycles. The molecule has 0 saturated carbocycles. The van der Waals surface area contributed by atoms with E-state index in [1.54, 1.807) is 34.8 Å². The van der Waals surface area contributed by atoms with Crippen LogP contribution < -0.4 is 10.1 Å². The van der Waals surface area contributed by atoms with Gasteiger partial charge in [0, 0.05) is 24.4 Å². The summed E-state index contributed by atoms with van der Waals surface area (Å²) in [5.74, 6) is 0.686. The zero-order valence-electron chi connectivity index (χ0n) is 17.2. The largest absolute Gasteiger partial charge is 0.487 e. The van der Waals surface area contributed by atoms with Crippen molar-refractivity contribution in [3.05, 3.63) is 81.3 Å². The van der Waals surface area contributed by atoms with E-state index in [1.807, 2.05) is 54.8 Å². The van der Waals surface area contributed by atoms with Gasteiger partial charge >= 0.3 is 0 Å². The van der Waals surface area contributed by atoms with Crippen LogP contribution >= 0.6 is 22.7 Å². The molecule has 0 bridgehead atoms. The van der Waals surface area contributed by atoms with Crippen LogP contribution in [0.4, 0.5) is 0 Å². The molecule has 5 nitrogen and oxygen atoms in total. The lowest BCUT2D eigenvalue weighted by Gasteiger charge is -2.04. The number of ether oxygens (including phenoxy) is 1. The Kier molecular flexibility index (Phi) is 7.07. The monoisotopic (exact) mass is 449 g/mol. The quantitative estimate of drug-likeness (QED) is 0.274. The minimum absolute atomic E-state index is 0.0940. The van der Waals surface area contributed by atoms with Crippen molar-refractivity contribution in [2.45, 2.75) is 26.4 Å². The van der Waals surface area contributed by atoms with E-state index in [-0.39, 0.29) is 5.91 Å². The van der Waals surface area contributed by atoms with Crippen molar-refractivity contribution < 1.29 is 9.53 Å². The highest BCUT2D eigenvalue weighted by Gasteiger charge is 2.03. The summed E-state index contributed by atoms with van der Waals surface area (Å²) >= 11 is 3.33. The summed E-state index contributed by atoms with van der Waals surface area (Å²) in [6.45, 7) is 3.06. The van der Waals surface area contributed by atoms with Crippen LogP contribution in [0.15, 0.2) is 60.0 Å². The molecule has 0 aliphatic carbocycles. The van der Waals surface area contributed by atoms with Gasteiger partial charge in [-0.05, 0) is 49.2 Å². The molecule has 0 unspecified atom stereocenters. The maximum Gasteiger partial charge on any atom is 0.243 e. The Hall–Kier alpha value is -3.03. The lowest BCUT2D eigenvalue weighted by Crippen LogP contribution is -2.22. The van der Waals surface area contributed by atoms with Crippen LogP contribution in [-0.4, -0.2) is 22.4 Å². The van der Waals surface area contributed by atoms with Gasteiger partial charge in [0.15, 0.2) is 0 Å². The first-order valence-electron chi connectivity index (χ1n) is 10.1. The number of aryl methyl sites for hydroxylation is 2. The molecule has 0 aliphatic heterocycles. The first-order chi connectivity index (χ1) is 15.2. The zero-order valence-corrected chi connectivity index (χ0v) is 18.8. The molecule has 1 amide bonds. The van der Waals surface area contributed by atoms with Gasteiger partial charge in [0.25, 0.3) is 0 Å². The number of nitrogens with one attached hydrogen (secondary N) is 1. The highest BCUT2D eigenvalue weighted by Crippen LogP contribution is 2.22. The average molecular weight is 450 g/mol. The molecule has 0 radical (unpaired) electrons. The second kappa shape index (κ2) is 10.3. The number of hydrogen-bond donors (Lipinski definition) is 1. The number of carbonyl (C=O) groups is 1. The lowest BCUT2D eigenvalue weighted by atomic mass is 10.2. The molecule has 0 spiro atoms. The van der Waals surface area contributed by atoms with Gasteiger partial charge in [-0.3, -0.25) is 4.79 Å². The second-order valence-corrected chi connectivity index (χ2v) is 9.20. The predicted molar refractivity (Wildman–Crippen MR) is 128 cm³/mol. The highest BCUT2D eigenvalue weighted by molar-refractivity contribution is 7.18. The van der Waals surface area contributed by atoms with E-state index in [4.69, 9.17) is 4.74 Å². The minimum Gasteiger partial charge on any atom is -0.487 e. The Morgan fingerprint density at radius 2 is 1.97 bits per heavy atom. The molecule has 4 rings (SSSR count). The van der Waals surface area contributed by atoms with Crippen molar-refractivity contribution in [3.63, 3.8) is 0 Å². The Morgan fingerprint density at radius 1 is 1.13 bits per heavy atom. The Balaban J connectivity index is 1.18. The summed E-state index contributed by atoms with van der Waals surface area (Å²) in [4.78, 5) is 21.1. The van der Waals surface area contributed by atoms with Gasteiger partial charge in [0.2, 0.25) is 5.91 Å². The molecule has 0 aliphatic rings. The van der Waals surface area contributed by atoms with Crippen molar-refractivity contribution in [2.75, 3.05) is 6.54 Å². The topological polar surface area (TPSA) is 64.1 Å². The van der Waals surface area contributed by atoms with Gasteiger partial charge in [0.05, 0.1) is 25.9 Å². The Bertz CT molecular complexity index is 1150. The molecule has 2 aromatic heterocycles. The SMILES string of the molecule is Cc1nc(COc2ccc(C=CC(=O)NCCCc3nc4ccccc4s3)cc2)cs1. The standard InChI is InChI=1S/C24H23N3O2S2/c1-17-26-19(16-30-17)15-29-20-11-8-18(9-12-20)10-13-23(28)25-14-4-7-24-27-21-5-2-3-6-22(21)31-24/h2-3,5-6,8-13,16H,4,7,14-15H2,1H3,(H,25,28). The first-order valence-corrected chi connectivity index (χ1v) is 11.8. The minimum atomic E-state index is -0.0940. The third-order valence-electron chi connectivity index (χ3n) is 4.57. The molecule has 1 N–H and O–H groups in total. The highest BCUT2D eigenvalue weighted by atomic mass is 32.1. The number of rotatable bonds is 9. The van der Waals surface area contributed by atoms with Crippen molar-refractivity contribution in [1.29, 1.82) is 0 Å². The van der Waals surface area contributed by atoms with Crippen LogP contribution in [0.3, 0.4) is 0 Å². The summed E-state index contributed by atoms with van der Waals surface area (Å²) in [7, 11) is 0. The number of thiazole rings is 2. The van der Waals surface area contributed by atoms with Gasteiger partial charge in [-0.1, -0.05) is 24.3 Å². The Labute approximate surface area is 189 Å². The van der Waals surface area contributed by atoms with Crippen LogP contribution in [-0.2, 0) is 17.8 Å². The molecular weight excluding hydrogens is 426 g/mol. The summed E-state index contributed by atoms with van der Waals surface area (Å²) in [6, 6.07) is 15.8. The second-order valence-electron chi connectivity index (χ2n) is 7.02. The van der Waals surface area contributed by atoms with Gasteiger partial charge in [-0.15, -0.1) is 22.7 Å². The van der Waals surface area contributed by atoms with Crippen molar-refractivity contribution in [3.8, 4) is 5.75 Å². The molecule has 0 fully saturated rings. The summed E-state index contributed by atoms with van der Waals surface area (Å²) in [6.07, 6.45) is 5.09. The van der Waals surface area contributed by atoms with Gasteiger partial charge < -0.3 is 10.1 Å². The van der Waals surface area contributed by atoms with Gasteiger partial charge in [-0.25, -0.2) is 9.97 Å². The van der Waals surface area contributed by atoms with E-state index >= 15 is 0 Å². The fourth-order valence-electron chi connectivity index (χ4n) is 3.02. The molecule has 31 heavy (non-hydrogen) atoms. The van der Waals surface area contributed by atoms with E-state index < -0.39 is 0 Å². The van der Waals surface area contributed by atoms with Crippen LogP contribution in [0.1, 0.15) is 27.7 Å². The predicted octanol–water partition coefficient (Wildman–Crippen LogP) is 5.40. The van der Waals surface area contributed by atoms with Gasteiger partial charge in [0.1, 0.15) is 12.4 Å². The molecule has 0 atom stereocenters. The van der Waals surface area contributed by atoms with E-state index in [2.05, 4.69) is 21.4 Å². The molecule has 7 heteroatoms. The van der Waals surface area contributed by atoms with Crippen molar-refractivity contribution in [2.24, 2.45) is 0 Å². The van der Waals surface area contributed by atoms with Crippen LogP contribution in [0.25, 0.3) is 16.3 Å². The number of benzene rings is 2. The summed E-state index contributed by atoms with van der Waals surface area (Å²) in [5, 5.41) is 7.08.